The van der Waals surface area contributed by atoms with Crippen LogP contribution in [-0.4, -0.2) is 42.8 Å². The third-order valence-electron chi connectivity index (χ3n) is 4.48. The van der Waals surface area contributed by atoms with Crippen molar-refractivity contribution in [2.24, 2.45) is 5.92 Å². The van der Waals surface area contributed by atoms with Crippen LogP contribution in [0.5, 0.6) is 0 Å². The zero-order valence-electron chi connectivity index (χ0n) is 16.9. The van der Waals surface area contributed by atoms with Crippen LogP contribution in [0.2, 0.25) is 0 Å². The molecule has 0 radical (unpaired) electrons. The first-order chi connectivity index (χ1) is 11.7. The van der Waals surface area contributed by atoms with Crippen LogP contribution < -0.4 is 0 Å². The molecule has 1 aromatic carbocycles. The molecule has 0 bridgehead atoms. The maximum atomic E-state index is 12.3. The van der Waals surface area contributed by atoms with Gasteiger partial charge in [0.1, 0.15) is 5.60 Å². The lowest BCUT2D eigenvalue weighted by molar-refractivity contribution is -0.159. The summed E-state index contributed by atoms with van der Waals surface area (Å²) in [5.74, 6) is 0.196. The van der Waals surface area contributed by atoms with Gasteiger partial charge in [0.25, 0.3) is 0 Å². The van der Waals surface area contributed by atoms with Gasteiger partial charge in [-0.2, -0.15) is 0 Å². The van der Waals surface area contributed by atoms with E-state index in [9.17, 15) is 4.79 Å². The first kappa shape index (κ1) is 21.7. The number of nitrogens with zero attached hydrogens (tertiary/aromatic N) is 1. The number of hydrogen-bond donors (Lipinski definition) is 0. The van der Waals surface area contributed by atoms with Gasteiger partial charge >= 0.3 is 5.97 Å². The number of likely N-dealkylation sites (N-methyl/N-ethyl adjacent to an activating group) is 1. The quantitative estimate of drug-likeness (QED) is 0.624. The van der Waals surface area contributed by atoms with Gasteiger partial charge in [0.15, 0.2) is 0 Å². The van der Waals surface area contributed by atoms with Crippen LogP contribution in [0.15, 0.2) is 30.3 Å². The molecule has 0 spiro atoms. The van der Waals surface area contributed by atoms with Gasteiger partial charge in [0, 0.05) is 19.7 Å². The summed E-state index contributed by atoms with van der Waals surface area (Å²) in [4.78, 5) is 14.6. The Morgan fingerprint density at radius 1 is 1.20 bits per heavy atom. The molecule has 0 N–H and O–H groups in total. The average molecular weight is 350 g/mol. The summed E-state index contributed by atoms with van der Waals surface area (Å²) in [5.41, 5.74) is 0.780. The highest BCUT2D eigenvalue weighted by atomic mass is 16.6. The number of methoxy groups -OCH3 is 1. The van der Waals surface area contributed by atoms with Crippen molar-refractivity contribution in [3.63, 3.8) is 0 Å². The van der Waals surface area contributed by atoms with Crippen LogP contribution in [0, 0.1) is 5.92 Å². The van der Waals surface area contributed by atoms with Gasteiger partial charge < -0.3 is 9.47 Å². The molecule has 25 heavy (non-hydrogen) atoms. The number of carbonyl (C=O) groups is 1. The fraction of sp³-hybridized carbons (Fsp3) is 0.667. The molecule has 0 aliphatic rings. The zero-order chi connectivity index (χ0) is 19.0. The van der Waals surface area contributed by atoms with Crippen molar-refractivity contribution >= 4 is 5.97 Å². The lowest BCUT2D eigenvalue weighted by Gasteiger charge is -2.37. The molecule has 1 rings (SSSR count). The van der Waals surface area contributed by atoms with Crippen LogP contribution in [0.4, 0.5) is 0 Å². The van der Waals surface area contributed by atoms with E-state index in [-0.39, 0.29) is 24.5 Å². The molecule has 0 heterocycles. The van der Waals surface area contributed by atoms with Crippen molar-refractivity contribution in [3.8, 4) is 0 Å². The first-order valence-electron chi connectivity index (χ1n) is 9.16. The van der Waals surface area contributed by atoms with E-state index in [1.54, 1.807) is 7.11 Å². The summed E-state index contributed by atoms with van der Waals surface area (Å²) in [6, 6.07) is 10.5. The Kier molecular flexibility index (Phi) is 8.60. The molecule has 4 heteroatoms. The number of carbonyl (C=O) groups excluding carboxylic acids is 1. The largest absolute Gasteiger partial charge is 0.460 e. The lowest BCUT2D eigenvalue weighted by Crippen LogP contribution is -2.47. The monoisotopic (exact) mass is 349 g/mol. The summed E-state index contributed by atoms with van der Waals surface area (Å²) in [6.45, 7) is 10.9. The molecule has 0 aliphatic carbocycles. The Bertz CT molecular complexity index is 510. The molecule has 0 fully saturated rings. The van der Waals surface area contributed by atoms with Crippen molar-refractivity contribution < 1.29 is 14.3 Å². The second-order valence-electron chi connectivity index (χ2n) is 7.84. The summed E-state index contributed by atoms with van der Waals surface area (Å²) >= 11 is 0. The van der Waals surface area contributed by atoms with E-state index >= 15 is 0 Å². The fourth-order valence-corrected chi connectivity index (χ4v) is 3.19. The SMILES string of the molecule is CC[C@H](C)C([C@@H](CC(=O)OC(C)(C)C)OC)N(C)Cc1ccccc1. The van der Waals surface area contributed by atoms with E-state index in [4.69, 9.17) is 9.47 Å². The van der Waals surface area contributed by atoms with E-state index in [1.165, 1.54) is 5.56 Å². The van der Waals surface area contributed by atoms with Crippen LogP contribution in [0.1, 0.15) is 53.0 Å². The zero-order valence-corrected chi connectivity index (χ0v) is 16.9. The van der Waals surface area contributed by atoms with Gasteiger partial charge in [-0.25, -0.2) is 0 Å². The van der Waals surface area contributed by atoms with Gasteiger partial charge in [0.05, 0.1) is 12.5 Å². The minimum absolute atomic E-state index is 0.141. The molecule has 0 amide bonds. The highest BCUT2D eigenvalue weighted by molar-refractivity contribution is 5.70. The third-order valence-corrected chi connectivity index (χ3v) is 4.48. The molecule has 142 valence electrons. The Hall–Kier alpha value is -1.39. The van der Waals surface area contributed by atoms with Gasteiger partial charge in [-0.3, -0.25) is 9.69 Å². The van der Waals surface area contributed by atoms with Crippen molar-refractivity contribution in [1.82, 2.24) is 4.90 Å². The summed E-state index contributed by atoms with van der Waals surface area (Å²) in [6.07, 6.45) is 1.10. The molecule has 0 aromatic heterocycles. The number of esters is 1. The smallest absolute Gasteiger partial charge is 0.309 e. The Balaban J connectivity index is 2.88. The second-order valence-corrected chi connectivity index (χ2v) is 7.84. The van der Waals surface area contributed by atoms with Crippen LogP contribution in [-0.2, 0) is 20.8 Å². The topological polar surface area (TPSA) is 38.8 Å². The normalized spacial score (nSPS) is 15.7. The Labute approximate surface area is 153 Å². The van der Waals surface area contributed by atoms with E-state index in [0.717, 1.165) is 13.0 Å². The molecule has 1 aromatic rings. The molecule has 0 saturated heterocycles. The van der Waals surface area contributed by atoms with Crippen LogP contribution >= 0.6 is 0 Å². The minimum atomic E-state index is -0.475. The van der Waals surface area contributed by atoms with Gasteiger partial charge in [-0.1, -0.05) is 50.6 Å². The second kappa shape index (κ2) is 9.93. The Morgan fingerprint density at radius 3 is 2.28 bits per heavy atom. The highest BCUT2D eigenvalue weighted by Gasteiger charge is 2.32. The maximum absolute atomic E-state index is 12.3. The number of benzene rings is 1. The Morgan fingerprint density at radius 2 is 1.80 bits per heavy atom. The summed E-state index contributed by atoms with van der Waals surface area (Å²) in [7, 11) is 3.78. The molecule has 1 unspecified atom stereocenters. The fourth-order valence-electron chi connectivity index (χ4n) is 3.19. The number of hydrogen-bond acceptors (Lipinski definition) is 4. The maximum Gasteiger partial charge on any atom is 0.309 e. The van der Waals surface area contributed by atoms with E-state index in [2.05, 4.69) is 50.1 Å². The highest BCUT2D eigenvalue weighted by Crippen LogP contribution is 2.24. The predicted molar refractivity (Wildman–Crippen MR) is 102 cm³/mol. The van der Waals surface area contributed by atoms with Crippen molar-refractivity contribution in [3.05, 3.63) is 35.9 Å². The van der Waals surface area contributed by atoms with Gasteiger partial charge in [-0.15, -0.1) is 0 Å². The molecule has 0 aliphatic heterocycles. The van der Waals surface area contributed by atoms with Gasteiger partial charge in [0.2, 0.25) is 0 Å². The average Bonchev–Trinajstić information content (AvgIpc) is 2.53. The van der Waals surface area contributed by atoms with Crippen LogP contribution in [0.25, 0.3) is 0 Å². The standard InChI is InChI=1S/C21H35NO3/c1-8-16(2)20(22(6)15-17-12-10-9-11-13-17)18(24-7)14-19(23)25-21(3,4)5/h9-13,16,18,20H,8,14-15H2,1-7H3/t16-,18+,20?/m0/s1. The molecule has 0 saturated carbocycles. The molecular formula is C21H35NO3. The molecular weight excluding hydrogens is 314 g/mol. The van der Waals surface area contributed by atoms with E-state index in [0.29, 0.717) is 5.92 Å². The van der Waals surface area contributed by atoms with Crippen LogP contribution in [0.3, 0.4) is 0 Å². The lowest BCUT2D eigenvalue weighted by atomic mass is 9.91. The van der Waals surface area contributed by atoms with Crippen molar-refractivity contribution in [2.75, 3.05) is 14.2 Å². The predicted octanol–water partition coefficient (Wildman–Crippen LogP) is 4.28. The minimum Gasteiger partial charge on any atom is -0.460 e. The van der Waals surface area contributed by atoms with E-state index in [1.807, 2.05) is 26.8 Å². The van der Waals surface area contributed by atoms with E-state index < -0.39 is 5.60 Å². The number of ether oxygens (including phenoxy) is 2. The molecule has 4 nitrogen and oxygen atoms in total. The summed E-state index contributed by atoms with van der Waals surface area (Å²) in [5, 5.41) is 0. The van der Waals surface area contributed by atoms with Crippen molar-refractivity contribution in [1.29, 1.82) is 0 Å². The van der Waals surface area contributed by atoms with Gasteiger partial charge in [-0.05, 0) is 39.3 Å². The van der Waals surface area contributed by atoms with Crippen molar-refractivity contribution in [2.45, 2.75) is 71.8 Å². The molecule has 3 atom stereocenters. The number of rotatable bonds is 9. The summed E-state index contributed by atoms with van der Waals surface area (Å²) < 4.78 is 11.2. The third kappa shape index (κ3) is 7.57. The first-order valence-corrected chi connectivity index (χ1v) is 9.16.